The van der Waals surface area contributed by atoms with Crippen LogP contribution in [0.2, 0.25) is 0 Å². The minimum Gasteiger partial charge on any atom is -0.493 e. The first-order chi connectivity index (χ1) is 10.5. The number of non-ortho nitro benzene ring substituents is 1. The van der Waals surface area contributed by atoms with Gasteiger partial charge in [-0.25, -0.2) is 0 Å². The van der Waals surface area contributed by atoms with Crippen molar-refractivity contribution in [3.8, 4) is 28.4 Å². The second-order valence-corrected chi connectivity index (χ2v) is 4.64. The van der Waals surface area contributed by atoms with Crippen molar-refractivity contribution in [3.05, 3.63) is 46.0 Å². The standard InChI is InChI=1S/C16H17NO5/c1-10-9-11(17(18)19)5-6-12(10)13-7-8-14(20-2)16(22-4)15(13)21-3/h5-9H,1-4H3. The first kappa shape index (κ1) is 15.6. The Morgan fingerprint density at radius 3 is 2.05 bits per heavy atom. The highest BCUT2D eigenvalue weighted by Crippen LogP contribution is 2.45. The summed E-state index contributed by atoms with van der Waals surface area (Å²) in [5.74, 6) is 1.57. The monoisotopic (exact) mass is 303 g/mol. The topological polar surface area (TPSA) is 70.8 Å². The molecule has 22 heavy (non-hydrogen) atoms. The van der Waals surface area contributed by atoms with Gasteiger partial charge in [0.1, 0.15) is 0 Å². The summed E-state index contributed by atoms with van der Waals surface area (Å²) in [4.78, 5) is 10.4. The van der Waals surface area contributed by atoms with Crippen molar-refractivity contribution < 1.29 is 19.1 Å². The van der Waals surface area contributed by atoms with Crippen LogP contribution in [0.1, 0.15) is 5.56 Å². The molecule has 6 nitrogen and oxygen atoms in total. The highest BCUT2D eigenvalue weighted by Gasteiger charge is 2.19. The Kier molecular flexibility index (Phi) is 4.50. The van der Waals surface area contributed by atoms with Crippen LogP contribution in [0.3, 0.4) is 0 Å². The number of rotatable bonds is 5. The van der Waals surface area contributed by atoms with Gasteiger partial charge in [0.25, 0.3) is 5.69 Å². The Balaban J connectivity index is 2.65. The van der Waals surface area contributed by atoms with Gasteiger partial charge in [0.15, 0.2) is 11.5 Å². The molecule has 0 N–H and O–H groups in total. The van der Waals surface area contributed by atoms with Crippen LogP contribution in [-0.2, 0) is 0 Å². The maximum atomic E-state index is 10.9. The molecule has 0 spiro atoms. The van der Waals surface area contributed by atoms with E-state index in [1.807, 2.05) is 13.0 Å². The van der Waals surface area contributed by atoms with E-state index < -0.39 is 4.92 Å². The number of ether oxygens (including phenoxy) is 3. The zero-order chi connectivity index (χ0) is 16.3. The second-order valence-electron chi connectivity index (χ2n) is 4.64. The summed E-state index contributed by atoms with van der Waals surface area (Å²) in [6.07, 6.45) is 0. The van der Waals surface area contributed by atoms with Crippen LogP contribution in [0.4, 0.5) is 5.69 Å². The van der Waals surface area contributed by atoms with E-state index in [1.54, 1.807) is 26.4 Å². The van der Waals surface area contributed by atoms with Crippen molar-refractivity contribution >= 4 is 5.69 Å². The molecule has 0 unspecified atom stereocenters. The average molecular weight is 303 g/mol. The zero-order valence-electron chi connectivity index (χ0n) is 12.9. The quantitative estimate of drug-likeness (QED) is 0.623. The van der Waals surface area contributed by atoms with Crippen molar-refractivity contribution in [3.63, 3.8) is 0 Å². The fraction of sp³-hybridized carbons (Fsp3) is 0.250. The smallest absolute Gasteiger partial charge is 0.269 e. The van der Waals surface area contributed by atoms with E-state index in [1.165, 1.54) is 19.2 Å². The summed E-state index contributed by atoms with van der Waals surface area (Å²) in [5.41, 5.74) is 2.45. The Morgan fingerprint density at radius 2 is 1.55 bits per heavy atom. The minimum atomic E-state index is -0.414. The van der Waals surface area contributed by atoms with Crippen LogP contribution in [0, 0.1) is 17.0 Å². The summed E-state index contributed by atoms with van der Waals surface area (Å²) in [6, 6.07) is 8.33. The highest BCUT2D eigenvalue weighted by molar-refractivity contribution is 5.79. The molecule has 0 saturated heterocycles. The number of hydrogen-bond acceptors (Lipinski definition) is 5. The normalized spacial score (nSPS) is 10.2. The molecule has 6 heteroatoms. The number of nitro benzene ring substituents is 1. The van der Waals surface area contributed by atoms with E-state index >= 15 is 0 Å². The maximum Gasteiger partial charge on any atom is 0.269 e. The van der Waals surface area contributed by atoms with Gasteiger partial charge in [0.05, 0.1) is 26.3 Å². The fourth-order valence-electron chi connectivity index (χ4n) is 2.38. The zero-order valence-corrected chi connectivity index (χ0v) is 12.9. The number of benzene rings is 2. The lowest BCUT2D eigenvalue weighted by Gasteiger charge is -2.16. The van der Waals surface area contributed by atoms with Gasteiger partial charge in [-0.3, -0.25) is 10.1 Å². The molecule has 0 aromatic heterocycles. The van der Waals surface area contributed by atoms with Crippen molar-refractivity contribution in [1.82, 2.24) is 0 Å². The summed E-state index contributed by atoms with van der Waals surface area (Å²) in [5, 5.41) is 10.9. The molecule has 2 aromatic carbocycles. The molecule has 0 bridgehead atoms. The number of nitrogens with zero attached hydrogens (tertiary/aromatic N) is 1. The van der Waals surface area contributed by atoms with Crippen molar-refractivity contribution in [2.24, 2.45) is 0 Å². The lowest BCUT2D eigenvalue weighted by atomic mass is 9.98. The molecule has 0 radical (unpaired) electrons. The SMILES string of the molecule is COc1ccc(-c2ccc([N+](=O)[O-])cc2C)c(OC)c1OC. The van der Waals surface area contributed by atoms with Crippen molar-refractivity contribution in [1.29, 1.82) is 0 Å². The van der Waals surface area contributed by atoms with Gasteiger partial charge < -0.3 is 14.2 Å². The second kappa shape index (κ2) is 6.34. The Morgan fingerprint density at radius 1 is 0.909 bits per heavy atom. The van der Waals surface area contributed by atoms with Gasteiger partial charge in [-0.1, -0.05) is 0 Å². The number of hydrogen-bond donors (Lipinski definition) is 0. The molecule has 0 aliphatic rings. The van der Waals surface area contributed by atoms with Crippen LogP contribution in [0.15, 0.2) is 30.3 Å². The molecule has 0 fully saturated rings. The Labute approximate surface area is 128 Å². The fourth-order valence-corrected chi connectivity index (χ4v) is 2.38. The maximum absolute atomic E-state index is 10.9. The Bertz CT molecular complexity index is 712. The summed E-state index contributed by atoms with van der Waals surface area (Å²) < 4.78 is 16.1. The van der Waals surface area contributed by atoms with Gasteiger partial charge in [-0.15, -0.1) is 0 Å². The highest BCUT2D eigenvalue weighted by atomic mass is 16.6. The van der Waals surface area contributed by atoms with Crippen LogP contribution in [-0.4, -0.2) is 26.3 Å². The third kappa shape index (κ3) is 2.67. The largest absolute Gasteiger partial charge is 0.493 e. The molecule has 0 amide bonds. The molecule has 2 rings (SSSR count). The van der Waals surface area contributed by atoms with Crippen LogP contribution < -0.4 is 14.2 Å². The predicted octanol–water partition coefficient (Wildman–Crippen LogP) is 3.60. The molecule has 2 aromatic rings. The molecule has 0 heterocycles. The van der Waals surface area contributed by atoms with E-state index in [0.717, 1.165) is 16.7 Å². The third-order valence-electron chi connectivity index (χ3n) is 3.42. The summed E-state index contributed by atoms with van der Waals surface area (Å²) in [7, 11) is 4.63. The van der Waals surface area contributed by atoms with Gasteiger partial charge in [0, 0.05) is 17.7 Å². The van der Waals surface area contributed by atoms with Gasteiger partial charge in [-0.05, 0) is 36.2 Å². The van der Waals surface area contributed by atoms with Crippen molar-refractivity contribution in [2.45, 2.75) is 6.92 Å². The minimum absolute atomic E-state index is 0.0562. The molecule has 0 aliphatic carbocycles. The van der Waals surface area contributed by atoms with Gasteiger partial charge in [-0.2, -0.15) is 0 Å². The molecular weight excluding hydrogens is 286 g/mol. The van der Waals surface area contributed by atoms with E-state index in [-0.39, 0.29) is 5.69 Å². The first-order valence-corrected chi connectivity index (χ1v) is 6.57. The molecule has 0 saturated carbocycles. The van der Waals surface area contributed by atoms with E-state index in [0.29, 0.717) is 17.2 Å². The molecule has 0 aliphatic heterocycles. The first-order valence-electron chi connectivity index (χ1n) is 6.57. The molecule has 0 atom stereocenters. The average Bonchev–Trinajstić information content (AvgIpc) is 2.53. The lowest BCUT2D eigenvalue weighted by molar-refractivity contribution is -0.384. The van der Waals surface area contributed by atoms with E-state index in [9.17, 15) is 10.1 Å². The Hall–Kier alpha value is -2.76. The summed E-state index contributed by atoms with van der Waals surface area (Å²) in [6.45, 7) is 1.82. The number of aryl methyl sites for hydroxylation is 1. The van der Waals surface area contributed by atoms with Crippen molar-refractivity contribution in [2.75, 3.05) is 21.3 Å². The van der Waals surface area contributed by atoms with E-state index in [2.05, 4.69) is 0 Å². The lowest BCUT2D eigenvalue weighted by Crippen LogP contribution is -1.98. The van der Waals surface area contributed by atoms with Crippen LogP contribution >= 0.6 is 0 Å². The molecular formula is C16H17NO5. The van der Waals surface area contributed by atoms with E-state index in [4.69, 9.17) is 14.2 Å². The van der Waals surface area contributed by atoms with Crippen LogP contribution in [0.25, 0.3) is 11.1 Å². The number of methoxy groups -OCH3 is 3. The van der Waals surface area contributed by atoms with Crippen LogP contribution in [0.5, 0.6) is 17.2 Å². The summed E-state index contributed by atoms with van der Waals surface area (Å²) >= 11 is 0. The molecule has 116 valence electrons. The van der Waals surface area contributed by atoms with Gasteiger partial charge >= 0.3 is 0 Å². The van der Waals surface area contributed by atoms with Gasteiger partial charge in [0.2, 0.25) is 5.75 Å². The third-order valence-corrected chi connectivity index (χ3v) is 3.42. The predicted molar refractivity (Wildman–Crippen MR) is 82.9 cm³/mol. The number of nitro groups is 1.